The summed E-state index contributed by atoms with van der Waals surface area (Å²) in [6.07, 6.45) is 2.23. The Kier molecular flexibility index (Phi) is 8.38. The summed E-state index contributed by atoms with van der Waals surface area (Å²) in [6, 6.07) is 7.38. The van der Waals surface area contributed by atoms with Crippen molar-refractivity contribution in [1.29, 1.82) is 0 Å². The molecular weight excluding hydrogens is 334 g/mol. The fourth-order valence-corrected chi connectivity index (χ4v) is 2.36. The molecule has 1 amide bonds. The van der Waals surface area contributed by atoms with Crippen LogP contribution >= 0.6 is 15.9 Å². The third-order valence-corrected chi connectivity index (χ3v) is 3.82. The van der Waals surface area contributed by atoms with Crippen LogP contribution in [0.1, 0.15) is 33.1 Å². The van der Waals surface area contributed by atoms with Gasteiger partial charge in [-0.1, -0.05) is 29.3 Å². The summed E-state index contributed by atoms with van der Waals surface area (Å²) in [5, 5.41) is 11.9. The Labute approximate surface area is 135 Å². The predicted molar refractivity (Wildman–Crippen MR) is 87.3 cm³/mol. The SMILES string of the molecule is CCCC(CCO)CNC(=O)C(C)Oc1ccc(Br)cc1. The van der Waals surface area contributed by atoms with Crippen molar-refractivity contribution in [3.8, 4) is 5.75 Å². The highest BCUT2D eigenvalue weighted by Crippen LogP contribution is 2.17. The molecule has 0 saturated heterocycles. The summed E-state index contributed by atoms with van der Waals surface area (Å²) >= 11 is 3.36. The maximum atomic E-state index is 12.0. The van der Waals surface area contributed by atoms with Crippen LogP contribution in [0.3, 0.4) is 0 Å². The molecule has 0 heterocycles. The van der Waals surface area contributed by atoms with Gasteiger partial charge in [-0.05, 0) is 49.9 Å². The van der Waals surface area contributed by atoms with E-state index in [9.17, 15) is 4.79 Å². The van der Waals surface area contributed by atoms with Crippen LogP contribution < -0.4 is 10.1 Å². The van der Waals surface area contributed by atoms with Gasteiger partial charge in [0.15, 0.2) is 6.10 Å². The van der Waals surface area contributed by atoms with Crippen LogP contribution in [0.4, 0.5) is 0 Å². The molecule has 0 aliphatic rings. The highest BCUT2D eigenvalue weighted by molar-refractivity contribution is 9.10. The molecule has 0 spiro atoms. The van der Waals surface area contributed by atoms with Crippen LogP contribution in [-0.4, -0.2) is 30.3 Å². The van der Waals surface area contributed by atoms with E-state index in [0.29, 0.717) is 18.2 Å². The molecule has 0 aromatic heterocycles. The standard InChI is InChI=1S/C16H24BrNO3/c1-3-4-13(9-10-19)11-18-16(20)12(2)21-15-7-5-14(17)6-8-15/h5-8,12-13,19H,3-4,9-11H2,1-2H3,(H,18,20). The van der Waals surface area contributed by atoms with Crippen molar-refractivity contribution >= 4 is 21.8 Å². The molecule has 2 atom stereocenters. The summed E-state index contributed by atoms with van der Waals surface area (Å²) in [5.41, 5.74) is 0. The topological polar surface area (TPSA) is 58.6 Å². The largest absolute Gasteiger partial charge is 0.481 e. The third kappa shape index (κ3) is 6.96. The normalized spacial score (nSPS) is 13.5. The van der Waals surface area contributed by atoms with Crippen LogP contribution in [0, 0.1) is 5.92 Å². The zero-order valence-corrected chi connectivity index (χ0v) is 14.2. The lowest BCUT2D eigenvalue weighted by Gasteiger charge is -2.18. The Hall–Kier alpha value is -1.07. The van der Waals surface area contributed by atoms with E-state index in [4.69, 9.17) is 9.84 Å². The maximum absolute atomic E-state index is 12.0. The molecule has 1 rings (SSSR count). The number of carbonyl (C=O) groups is 1. The van der Waals surface area contributed by atoms with Gasteiger partial charge in [-0.15, -0.1) is 0 Å². The van der Waals surface area contributed by atoms with Gasteiger partial charge in [0.25, 0.3) is 5.91 Å². The molecule has 2 N–H and O–H groups in total. The molecule has 0 aliphatic heterocycles. The van der Waals surface area contributed by atoms with Crippen LogP contribution in [0.2, 0.25) is 0 Å². The van der Waals surface area contributed by atoms with Gasteiger partial charge in [-0.2, -0.15) is 0 Å². The number of rotatable bonds is 9. The average Bonchev–Trinajstić information content (AvgIpc) is 2.47. The Bertz CT molecular complexity index is 416. The second-order valence-electron chi connectivity index (χ2n) is 5.13. The van der Waals surface area contributed by atoms with Crippen molar-refractivity contribution in [1.82, 2.24) is 5.32 Å². The molecule has 0 aliphatic carbocycles. The minimum absolute atomic E-state index is 0.128. The number of halogens is 1. The molecule has 21 heavy (non-hydrogen) atoms. The van der Waals surface area contributed by atoms with Gasteiger partial charge >= 0.3 is 0 Å². The number of aliphatic hydroxyl groups excluding tert-OH is 1. The monoisotopic (exact) mass is 357 g/mol. The molecule has 2 unspecified atom stereocenters. The quantitative estimate of drug-likeness (QED) is 0.713. The number of carbonyl (C=O) groups excluding carboxylic acids is 1. The summed E-state index contributed by atoms with van der Waals surface area (Å²) in [7, 11) is 0. The third-order valence-electron chi connectivity index (χ3n) is 3.29. The van der Waals surface area contributed by atoms with E-state index in [-0.39, 0.29) is 12.5 Å². The highest BCUT2D eigenvalue weighted by Gasteiger charge is 2.16. The Balaban J connectivity index is 2.41. The van der Waals surface area contributed by atoms with Crippen molar-refractivity contribution in [3.05, 3.63) is 28.7 Å². The molecule has 0 bridgehead atoms. The van der Waals surface area contributed by atoms with E-state index in [2.05, 4.69) is 28.2 Å². The molecule has 0 fully saturated rings. The predicted octanol–water partition coefficient (Wildman–Crippen LogP) is 3.13. The van der Waals surface area contributed by atoms with Crippen LogP contribution in [0.25, 0.3) is 0 Å². The molecule has 0 saturated carbocycles. The van der Waals surface area contributed by atoms with Crippen LogP contribution in [0.5, 0.6) is 5.75 Å². The van der Waals surface area contributed by atoms with Gasteiger partial charge in [-0.25, -0.2) is 0 Å². The molecular formula is C16H24BrNO3. The van der Waals surface area contributed by atoms with Crippen LogP contribution in [-0.2, 0) is 4.79 Å². The minimum Gasteiger partial charge on any atom is -0.481 e. The average molecular weight is 358 g/mol. The first-order valence-corrected chi connectivity index (χ1v) is 8.16. The second kappa shape index (κ2) is 9.79. The summed E-state index contributed by atoms with van der Waals surface area (Å²) in [5.74, 6) is 0.863. The fourth-order valence-electron chi connectivity index (χ4n) is 2.10. The number of benzene rings is 1. The first-order valence-electron chi connectivity index (χ1n) is 7.37. The molecule has 5 heteroatoms. The summed E-state index contributed by atoms with van der Waals surface area (Å²) in [6.45, 7) is 4.58. The molecule has 0 radical (unpaired) electrons. The first kappa shape index (κ1) is 18.0. The van der Waals surface area contributed by atoms with Gasteiger partial charge in [0, 0.05) is 17.6 Å². The van der Waals surface area contributed by atoms with Crippen molar-refractivity contribution in [2.45, 2.75) is 39.2 Å². The second-order valence-corrected chi connectivity index (χ2v) is 6.04. The van der Waals surface area contributed by atoms with E-state index in [0.717, 1.165) is 23.7 Å². The zero-order chi connectivity index (χ0) is 15.7. The number of amides is 1. The van der Waals surface area contributed by atoms with Crippen molar-refractivity contribution in [2.75, 3.05) is 13.2 Å². The number of ether oxygens (including phenoxy) is 1. The Morgan fingerprint density at radius 3 is 2.57 bits per heavy atom. The number of nitrogens with one attached hydrogen (secondary N) is 1. The van der Waals surface area contributed by atoms with Crippen molar-refractivity contribution in [2.24, 2.45) is 5.92 Å². The van der Waals surface area contributed by atoms with Crippen molar-refractivity contribution in [3.63, 3.8) is 0 Å². The zero-order valence-electron chi connectivity index (χ0n) is 12.6. The summed E-state index contributed by atoms with van der Waals surface area (Å²) < 4.78 is 6.57. The number of aliphatic hydroxyl groups is 1. The molecule has 1 aromatic carbocycles. The Morgan fingerprint density at radius 1 is 1.33 bits per heavy atom. The van der Waals surface area contributed by atoms with Gasteiger partial charge in [-0.3, -0.25) is 4.79 Å². The minimum atomic E-state index is -0.539. The van der Waals surface area contributed by atoms with Crippen LogP contribution in [0.15, 0.2) is 28.7 Å². The molecule has 118 valence electrons. The number of hydrogen-bond acceptors (Lipinski definition) is 3. The van der Waals surface area contributed by atoms with Gasteiger partial charge in [0.05, 0.1) is 0 Å². The molecule has 4 nitrogen and oxygen atoms in total. The smallest absolute Gasteiger partial charge is 0.260 e. The van der Waals surface area contributed by atoms with E-state index in [1.165, 1.54) is 0 Å². The molecule has 1 aromatic rings. The van der Waals surface area contributed by atoms with E-state index in [1.807, 2.05) is 24.3 Å². The lowest BCUT2D eigenvalue weighted by atomic mass is 10.0. The maximum Gasteiger partial charge on any atom is 0.260 e. The lowest BCUT2D eigenvalue weighted by Crippen LogP contribution is -2.39. The van der Waals surface area contributed by atoms with Gasteiger partial charge < -0.3 is 15.2 Å². The first-order chi connectivity index (χ1) is 10.1. The van der Waals surface area contributed by atoms with E-state index >= 15 is 0 Å². The van der Waals surface area contributed by atoms with E-state index < -0.39 is 6.10 Å². The van der Waals surface area contributed by atoms with E-state index in [1.54, 1.807) is 6.92 Å². The van der Waals surface area contributed by atoms with Gasteiger partial charge in [0.2, 0.25) is 0 Å². The summed E-state index contributed by atoms with van der Waals surface area (Å²) in [4.78, 5) is 12.0. The lowest BCUT2D eigenvalue weighted by molar-refractivity contribution is -0.127. The Morgan fingerprint density at radius 2 is 2.00 bits per heavy atom. The highest BCUT2D eigenvalue weighted by atomic mass is 79.9. The number of hydrogen-bond donors (Lipinski definition) is 2. The fraction of sp³-hybridized carbons (Fsp3) is 0.562. The van der Waals surface area contributed by atoms with Gasteiger partial charge in [0.1, 0.15) is 5.75 Å². The van der Waals surface area contributed by atoms with Crippen molar-refractivity contribution < 1.29 is 14.6 Å².